The maximum Gasteiger partial charge on any atom is 0.234 e. The molecule has 0 radical (unpaired) electrons. The highest BCUT2D eigenvalue weighted by Crippen LogP contribution is 2.44. The lowest BCUT2D eigenvalue weighted by molar-refractivity contribution is -0.552. The predicted molar refractivity (Wildman–Crippen MR) is 111 cm³/mol. The van der Waals surface area contributed by atoms with Crippen LogP contribution in [0, 0.1) is 17.8 Å². The topological polar surface area (TPSA) is 36.9 Å². The van der Waals surface area contributed by atoms with Gasteiger partial charge in [0.1, 0.15) is 0 Å². The van der Waals surface area contributed by atoms with Gasteiger partial charge in [0.2, 0.25) is 5.79 Å². The van der Waals surface area contributed by atoms with Crippen molar-refractivity contribution in [2.45, 2.75) is 131 Å². The van der Waals surface area contributed by atoms with Gasteiger partial charge in [-0.1, -0.05) is 60.3 Å². The van der Waals surface area contributed by atoms with Gasteiger partial charge in [0.05, 0.1) is 11.2 Å². The third kappa shape index (κ3) is 8.39. The lowest BCUT2D eigenvalue weighted by Crippen LogP contribution is -2.49. The van der Waals surface area contributed by atoms with E-state index in [1.165, 1.54) is 0 Å². The van der Waals surface area contributed by atoms with E-state index in [0.29, 0.717) is 17.8 Å². The van der Waals surface area contributed by atoms with Crippen molar-refractivity contribution in [3.8, 4) is 0 Å². The SMILES string of the molecule is CCCCC(C)(C)OOC1(OOC(C)(C)CCCC)CC(C)C(C)C(C)C1. The highest BCUT2D eigenvalue weighted by molar-refractivity contribution is 4.86. The van der Waals surface area contributed by atoms with Gasteiger partial charge in [-0.05, 0) is 58.3 Å². The first-order valence-corrected chi connectivity index (χ1v) is 11.2. The third-order valence-electron chi connectivity index (χ3n) is 6.16. The van der Waals surface area contributed by atoms with Gasteiger partial charge in [0.25, 0.3) is 0 Å². The molecule has 1 aliphatic carbocycles. The largest absolute Gasteiger partial charge is 0.234 e. The van der Waals surface area contributed by atoms with E-state index < -0.39 is 5.79 Å². The maximum atomic E-state index is 6.07. The zero-order valence-corrected chi connectivity index (χ0v) is 19.5. The van der Waals surface area contributed by atoms with Crippen molar-refractivity contribution in [1.29, 1.82) is 0 Å². The Morgan fingerprint density at radius 3 is 1.44 bits per heavy atom. The van der Waals surface area contributed by atoms with Gasteiger partial charge in [-0.2, -0.15) is 9.78 Å². The molecule has 0 amide bonds. The van der Waals surface area contributed by atoms with Gasteiger partial charge in [-0.25, -0.2) is 9.78 Å². The summed E-state index contributed by atoms with van der Waals surface area (Å²) in [5, 5.41) is 0. The van der Waals surface area contributed by atoms with Crippen molar-refractivity contribution in [1.82, 2.24) is 0 Å². The number of rotatable bonds is 12. The molecule has 2 atom stereocenters. The molecule has 1 fully saturated rings. The predicted octanol–water partition coefficient (Wildman–Crippen LogP) is 7.22. The first-order chi connectivity index (χ1) is 12.5. The molecule has 0 heterocycles. The van der Waals surface area contributed by atoms with Crippen LogP contribution in [0.4, 0.5) is 0 Å². The second-order valence-electron chi connectivity index (χ2n) is 10.2. The van der Waals surface area contributed by atoms with Gasteiger partial charge in [-0.3, -0.25) is 0 Å². The molecule has 4 nitrogen and oxygen atoms in total. The fourth-order valence-electron chi connectivity index (χ4n) is 3.81. The average molecular weight is 387 g/mol. The van der Waals surface area contributed by atoms with Crippen LogP contribution in [0.1, 0.15) is 114 Å². The molecule has 1 aliphatic rings. The molecular formula is C23H46O4. The first-order valence-electron chi connectivity index (χ1n) is 11.2. The summed E-state index contributed by atoms with van der Waals surface area (Å²) in [5.41, 5.74) is -0.667. The summed E-state index contributed by atoms with van der Waals surface area (Å²) in [6.45, 7) is 19.6. The molecule has 162 valence electrons. The lowest BCUT2D eigenvalue weighted by Gasteiger charge is -2.45. The van der Waals surface area contributed by atoms with E-state index in [0.717, 1.165) is 51.4 Å². The average Bonchev–Trinajstić information content (AvgIpc) is 2.60. The Kier molecular flexibility index (Phi) is 9.74. The van der Waals surface area contributed by atoms with Crippen molar-refractivity contribution >= 4 is 0 Å². The second-order valence-corrected chi connectivity index (χ2v) is 10.2. The fraction of sp³-hybridized carbons (Fsp3) is 1.00. The van der Waals surface area contributed by atoms with E-state index in [9.17, 15) is 0 Å². The lowest BCUT2D eigenvalue weighted by atomic mass is 9.72. The molecule has 0 aliphatic heterocycles. The normalized spacial score (nSPS) is 26.3. The summed E-state index contributed by atoms with van der Waals surface area (Å²) >= 11 is 0. The Labute approximate surface area is 168 Å². The van der Waals surface area contributed by atoms with Crippen LogP contribution in [0.3, 0.4) is 0 Å². The molecule has 0 aromatic rings. The zero-order valence-electron chi connectivity index (χ0n) is 19.5. The Morgan fingerprint density at radius 1 is 0.741 bits per heavy atom. The van der Waals surface area contributed by atoms with Crippen molar-refractivity contribution < 1.29 is 19.6 Å². The Morgan fingerprint density at radius 2 is 1.11 bits per heavy atom. The van der Waals surface area contributed by atoms with Crippen molar-refractivity contribution in [2.75, 3.05) is 0 Å². The molecule has 0 saturated heterocycles. The fourth-order valence-corrected chi connectivity index (χ4v) is 3.81. The smallest absolute Gasteiger partial charge is 0.228 e. The van der Waals surface area contributed by atoms with Crippen LogP contribution in [0.25, 0.3) is 0 Å². The molecule has 0 bridgehead atoms. The Hall–Kier alpha value is -0.160. The minimum atomic E-state index is -0.835. The third-order valence-corrected chi connectivity index (χ3v) is 6.16. The summed E-state index contributed by atoms with van der Waals surface area (Å²) < 4.78 is 0. The van der Waals surface area contributed by atoms with Gasteiger partial charge in [0, 0.05) is 12.8 Å². The number of hydrogen-bond acceptors (Lipinski definition) is 4. The number of unbranched alkanes of at least 4 members (excludes halogenated alkanes) is 2. The summed E-state index contributed by atoms with van der Waals surface area (Å²) in [7, 11) is 0. The van der Waals surface area contributed by atoms with Crippen LogP contribution in [0.5, 0.6) is 0 Å². The van der Waals surface area contributed by atoms with Crippen LogP contribution in [-0.4, -0.2) is 17.0 Å². The van der Waals surface area contributed by atoms with E-state index in [1.807, 2.05) is 0 Å². The minimum absolute atomic E-state index is 0.334. The van der Waals surface area contributed by atoms with Gasteiger partial charge in [0.15, 0.2) is 0 Å². The molecule has 1 rings (SSSR count). The van der Waals surface area contributed by atoms with Gasteiger partial charge >= 0.3 is 0 Å². The van der Waals surface area contributed by atoms with Gasteiger partial charge in [-0.15, -0.1) is 0 Å². The molecule has 0 N–H and O–H groups in total. The van der Waals surface area contributed by atoms with E-state index >= 15 is 0 Å². The summed E-state index contributed by atoms with van der Waals surface area (Å²) in [4.78, 5) is 24.0. The van der Waals surface area contributed by atoms with Crippen LogP contribution in [0.15, 0.2) is 0 Å². The Balaban J connectivity index is 2.84. The summed E-state index contributed by atoms with van der Waals surface area (Å²) in [6.07, 6.45) is 8.03. The number of hydrogen-bond donors (Lipinski definition) is 0. The standard InChI is InChI=1S/C23H46O4/c1-10-12-14-21(6,7)24-26-23(16-18(3)20(5)19(4)17-23)27-25-22(8,9)15-13-11-2/h18-20H,10-17H2,1-9H3. The van der Waals surface area contributed by atoms with Crippen LogP contribution in [0.2, 0.25) is 0 Å². The van der Waals surface area contributed by atoms with Crippen molar-refractivity contribution in [3.63, 3.8) is 0 Å². The molecule has 2 unspecified atom stereocenters. The minimum Gasteiger partial charge on any atom is -0.228 e. The molecule has 4 heteroatoms. The molecule has 0 aromatic carbocycles. The quantitative estimate of drug-likeness (QED) is 0.201. The van der Waals surface area contributed by atoms with Crippen LogP contribution in [-0.2, 0) is 19.6 Å². The van der Waals surface area contributed by atoms with E-state index in [2.05, 4.69) is 62.3 Å². The van der Waals surface area contributed by atoms with Crippen LogP contribution < -0.4 is 0 Å². The summed E-state index contributed by atoms with van der Waals surface area (Å²) in [6, 6.07) is 0. The highest BCUT2D eigenvalue weighted by Gasteiger charge is 2.47. The van der Waals surface area contributed by atoms with E-state index in [4.69, 9.17) is 19.6 Å². The van der Waals surface area contributed by atoms with Crippen molar-refractivity contribution in [3.05, 3.63) is 0 Å². The van der Waals surface area contributed by atoms with Gasteiger partial charge < -0.3 is 0 Å². The monoisotopic (exact) mass is 386 g/mol. The highest BCUT2D eigenvalue weighted by atomic mass is 17.3. The second kappa shape index (κ2) is 10.6. The molecule has 0 spiro atoms. The van der Waals surface area contributed by atoms with Crippen molar-refractivity contribution in [2.24, 2.45) is 17.8 Å². The molecule has 27 heavy (non-hydrogen) atoms. The Bertz CT molecular complexity index is 381. The maximum absolute atomic E-state index is 6.07. The molecular weight excluding hydrogens is 340 g/mol. The molecule has 0 aromatic heterocycles. The first kappa shape index (κ1) is 24.9. The van der Waals surface area contributed by atoms with E-state index in [1.54, 1.807) is 0 Å². The molecule has 1 saturated carbocycles. The van der Waals surface area contributed by atoms with Crippen LogP contribution >= 0.6 is 0 Å². The zero-order chi connectivity index (χ0) is 20.7. The van der Waals surface area contributed by atoms with E-state index in [-0.39, 0.29) is 11.2 Å². The summed E-state index contributed by atoms with van der Waals surface area (Å²) in [5.74, 6) is 0.765.